The van der Waals surface area contributed by atoms with Gasteiger partial charge in [-0.3, -0.25) is 0 Å². The highest BCUT2D eigenvalue weighted by Crippen LogP contribution is 2.33. The molecule has 0 saturated carbocycles. The number of alkyl halides is 3. The predicted molar refractivity (Wildman–Crippen MR) is 56.7 cm³/mol. The summed E-state index contributed by atoms with van der Waals surface area (Å²) in [5.41, 5.74) is -1.28. The van der Waals surface area contributed by atoms with Crippen molar-refractivity contribution < 1.29 is 17.9 Å². The maximum atomic E-state index is 12.7. The molecule has 5 nitrogen and oxygen atoms in total. The van der Waals surface area contributed by atoms with Crippen molar-refractivity contribution >= 4 is 17.4 Å². The maximum absolute atomic E-state index is 12.7. The number of fused-ring (bicyclic) bond motifs is 1. The zero-order chi connectivity index (χ0) is 13.5. The lowest BCUT2D eigenvalue weighted by atomic mass is 10.2. The fourth-order valence-corrected chi connectivity index (χ4v) is 1.60. The van der Waals surface area contributed by atoms with Crippen LogP contribution in [0.5, 0.6) is 6.01 Å². The second-order valence-electron chi connectivity index (χ2n) is 3.41. The summed E-state index contributed by atoms with van der Waals surface area (Å²) in [6, 6.07) is -0.0642. The van der Waals surface area contributed by atoms with Crippen molar-refractivity contribution in [3.05, 3.63) is 16.4 Å². The number of ether oxygens (including phenoxy) is 1. The van der Waals surface area contributed by atoms with E-state index in [1.165, 1.54) is 6.92 Å². The molecule has 2 aromatic heterocycles. The number of nitrogens with zero attached hydrogens (tertiary/aromatic N) is 4. The molecule has 2 heterocycles. The third-order valence-corrected chi connectivity index (χ3v) is 2.62. The van der Waals surface area contributed by atoms with Crippen molar-refractivity contribution in [1.29, 1.82) is 0 Å². The van der Waals surface area contributed by atoms with Crippen LogP contribution in [0.4, 0.5) is 13.2 Å². The fourth-order valence-electron chi connectivity index (χ4n) is 1.40. The zero-order valence-electron chi connectivity index (χ0n) is 9.42. The standard InChI is InChI=1S/C9H8ClF3N4O/c1-3-18-8-15-7-14-5(9(11,12)13)4(2)6(10)17(7)16-8/h3H2,1-2H3. The van der Waals surface area contributed by atoms with E-state index in [9.17, 15) is 13.2 Å². The van der Waals surface area contributed by atoms with Crippen LogP contribution in [0.1, 0.15) is 18.2 Å². The highest BCUT2D eigenvalue weighted by molar-refractivity contribution is 6.30. The molecule has 0 atom stereocenters. The molecule has 0 aromatic carbocycles. The lowest BCUT2D eigenvalue weighted by Gasteiger charge is -2.10. The van der Waals surface area contributed by atoms with Crippen molar-refractivity contribution in [3.8, 4) is 6.01 Å². The SMILES string of the molecule is CCOc1nc2nc(C(F)(F)F)c(C)c(Cl)n2n1. The molecule has 0 fully saturated rings. The van der Waals surface area contributed by atoms with Gasteiger partial charge in [0, 0.05) is 5.56 Å². The number of aromatic nitrogens is 4. The van der Waals surface area contributed by atoms with E-state index >= 15 is 0 Å². The van der Waals surface area contributed by atoms with Crippen LogP contribution >= 0.6 is 11.6 Å². The third kappa shape index (κ3) is 2.07. The summed E-state index contributed by atoms with van der Waals surface area (Å²) < 4.78 is 44.1. The monoisotopic (exact) mass is 280 g/mol. The summed E-state index contributed by atoms with van der Waals surface area (Å²) in [6.07, 6.45) is -4.59. The Hall–Kier alpha value is -1.57. The summed E-state index contributed by atoms with van der Waals surface area (Å²) in [7, 11) is 0. The van der Waals surface area contributed by atoms with E-state index in [1.54, 1.807) is 6.92 Å². The van der Waals surface area contributed by atoms with Crippen molar-refractivity contribution in [2.24, 2.45) is 0 Å². The van der Waals surface area contributed by atoms with E-state index in [-0.39, 0.29) is 22.5 Å². The van der Waals surface area contributed by atoms with E-state index in [2.05, 4.69) is 15.1 Å². The lowest BCUT2D eigenvalue weighted by molar-refractivity contribution is -0.141. The van der Waals surface area contributed by atoms with E-state index in [0.29, 0.717) is 6.61 Å². The maximum Gasteiger partial charge on any atom is 0.433 e. The summed E-state index contributed by atoms with van der Waals surface area (Å²) in [6.45, 7) is 3.21. The molecule has 0 aliphatic heterocycles. The van der Waals surface area contributed by atoms with Gasteiger partial charge >= 0.3 is 12.2 Å². The van der Waals surface area contributed by atoms with E-state index < -0.39 is 11.9 Å². The number of hydrogen-bond donors (Lipinski definition) is 0. The average Bonchev–Trinajstić information content (AvgIpc) is 2.65. The topological polar surface area (TPSA) is 52.3 Å². The fraction of sp³-hybridized carbons (Fsp3) is 0.444. The first-order valence-corrected chi connectivity index (χ1v) is 5.35. The molecular weight excluding hydrogens is 273 g/mol. The molecule has 0 amide bonds. The van der Waals surface area contributed by atoms with E-state index in [0.717, 1.165) is 4.52 Å². The minimum Gasteiger partial charge on any atom is -0.463 e. The lowest BCUT2D eigenvalue weighted by Crippen LogP contribution is -2.13. The highest BCUT2D eigenvalue weighted by atomic mass is 35.5. The normalized spacial score (nSPS) is 12.1. The quantitative estimate of drug-likeness (QED) is 0.793. The van der Waals surface area contributed by atoms with E-state index in [1.807, 2.05) is 0 Å². The van der Waals surface area contributed by atoms with Crippen molar-refractivity contribution in [1.82, 2.24) is 19.6 Å². The van der Waals surface area contributed by atoms with Crippen LogP contribution in [0.25, 0.3) is 5.78 Å². The first-order chi connectivity index (χ1) is 8.34. The molecule has 0 spiro atoms. The molecule has 0 bridgehead atoms. The first kappa shape index (κ1) is 12.9. The Morgan fingerprint density at radius 2 is 2.00 bits per heavy atom. The second kappa shape index (κ2) is 4.27. The summed E-state index contributed by atoms with van der Waals surface area (Å²) in [5.74, 6) is -0.249. The van der Waals surface area contributed by atoms with Gasteiger partial charge in [-0.15, -0.1) is 5.10 Å². The van der Waals surface area contributed by atoms with Gasteiger partial charge in [-0.1, -0.05) is 11.6 Å². The Bertz CT molecular complexity index is 595. The van der Waals surface area contributed by atoms with Gasteiger partial charge in [0.2, 0.25) is 0 Å². The Morgan fingerprint density at radius 1 is 1.33 bits per heavy atom. The Labute approximate surface area is 105 Å². The van der Waals surface area contributed by atoms with Crippen LogP contribution in [-0.4, -0.2) is 26.2 Å². The Morgan fingerprint density at radius 3 is 2.56 bits per heavy atom. The van der Waals surface area contributed by atoms with Crippen LogP contribution in [-0.2, 0) is 6.18 Å². The molecular formula is C9H8ClF3N4O. The minimum absolute atomic E-state index is 0.0642. The molecule has 0 N–H and O–H groups in total. The second-order valence-corrected chi connectivity index (χ2v) is 3.77. The van der Waals surface area contributed by atoms with Gasteiger partial charge in [-0.05, 0) is 13.8 Å². The van der Waals surface area contributed by atoms with Gasteiger partial charge in [0.1, 0.15) is 5.15 Å². The first-order valence-electron chi connectivity index (χ1n) is 4.97. The highest BCUT2D eigenvalue weighted by Gasteiger charge is 2.36. The molecule has 2 rings (SSSR count). The van der Waals surface area contributed by atoms with Crippen molar-refractivity contribution in [2.75, 3.05) is 6.61 Å². The molecule has 0 unspecified atom stereocenters. The minimum atomic E-state index is -4.59. The van der Waals surface area contributed by atoms with Crippen LogP contribution < -0.4 is 4.74 Å². The molecule has 0 radical (unpaired) electrons. The smallest absolute Gasteiger partial charge is 0.433 e. The number of halogens is 4. The van der Waals surface area contributed by atoms with Crippen LogP contribution in [0.3, 0.4) is 0 Å². The molecule has 0 aliphatic rings. The van der Waals surface area contributed by atoms with Gasteiger partial charge in [-0.25, -0.2) is 4.98 Å². The van der Waals surface area contributed by atoms with Crippen LogP contribution in [0, 0.1) is 6.92 Å². The number of rotatable bonds is 2. The van der Waals surface area contributed by atoms with Crippen molar-refractivity contribution in [2.45, 2.75) is 20.0 Å². The molecule has 2 aromatic rings. The number of hydrogen-bond acceptors (Lipinski definition) is 4. The largest absolute Gasteiger partial charge is 0.463 e. The van der Waals surface area contributed by atoms with Crippen molar-refractivity contribution in [3.63, 3.8) is 0 Å². The van der Waals surface area contributed by atoms with Gasteiger partial charge in [0.15, 0.2) is 5.69 Å². The third-order valence-electron chi connectivity index (χ3n) is 2.17. The summed E-state index contributed by atoms with van der Waals surface area (Å²) >= 11 is 5.82. The van der Waals surface area contributed by atoms with Gasteiger partial charge < -0.3 is 4.74 Å². The van der Waals surface area contributed by atoms with Gasteiger partial charge in [0.05, 0.1) is 6.61 Å². The molecule has 0 saturated heterocycles. The molecule has 98 valence electrons. The Balaban J connectivity index is 2.68. The molecule has 9 heteroatoms. The van der Waals surface area contributed by atoms with Gasteiger partial charge in [0.25, 0.3) is 5.78 Å². The van der Waals surface area contributed by atoms with Gasteiger partial charge in [-0.2, -0.15) is 22.7 Å². The zero-order valence-corrected chi connectivity index (χ0v) is 10.2. The predicted octanol–water partition coefficient (Wildman–Crippen LogP) is 2.50. The summed E-state index contributed by atoms with van der Waals surface area (Å²) in [4.78, 5) is 7.12. The van der Waals surface area contributed by atoms with Crippen LogP contribution in [0.15, 0.2) is 0 Å². The average molecular weight is 281 g/mol. The Kier molecular flexibility index (Phi) is 3.05. The summed E-state index contributed by atoms with van der Waals surface area (Å²) in [5, 5.41) is 3.62. The van der Waals surface area contributed by atoms with E-state index in [4.69, 9.17) is 16.3 Å². The molecule has 18 heavy (non-hydrogen) atoms. The van der Waals surface area contributed by atoms with Crippen LogP contribution in [0.2, 0.25) is 5.15 Å². The molecule has 0 aliphatic carbocycles.